The fourth-order valence-corrected chi connectivity index (χ4v) is 4.38. The molecule has 7 heteroatoms. The van der Waals surface area contributed by atoms with E-state index in [2.05, 4.69) is 15.9 Å². The Morgan fingerprint density at radius 1 is 1.09 bits per heavy atom. The van der Waals surface area contributed by atoms with E-state index in [4.69, 9.17) is 21.1 Å². The lowest BCUT2D eigenvalue weighted by Crippen LogP contribution is -2.25. The Hall–Kier alpha value is -3.35. The number of hydrogen-bond donors (Lipinski definition) is 0. The summed E-state index contributed by atoms with van der Waals surface area (Å²) in [5.74, 6) is -0.0338. The maximum absolute atomic E-state index is 13.6. The molecule has 34 heavy (non-hydrogen) atoms. The second kappa shape index (κ2) is 10.3. The zero-order valence-electron chi connectivity index (χ0n) is 18.5. The van der Waals surface area contributed by atoms with Crippen molar-refractivity contribution in [2.75, 3.05) is 18.6 Å². The lowest BCUT2D eigenvalue weighted by atomic mass is 10.1. The van der Waals surface area contributed by atoms with Gasteiger partial charge in [0.2, 0.25) is 0 Å². The largest absolute Gasteiger partial charge is 0.493 e. The highest BCUT2D eigenvalue weighted by Gasteiger charge is 2.32. The van der Waals surface area contributed by atoms with Crippen LogP contribution >= 0.6 is 27.5 Å². The van der Waals surface area contributed by atoms with Gasteiger partial charge in [0.25, 0.3) is 5.91 Å². The lowest BCUT2D eigenvalue weighted by molar-refractivity contribution is -0.113. The predicted octanol–water partition coefficient (Wildman–Crippen LogP) is 6.76. The molecular weight excluding hydrogens is 518 g/mol. The van der Waals surface area contributed by atoms with E-state index in [9.17, 15) is 9.59 Å². The molecule has 0 saturated carbocycles. The van der Waals surface area contributed by atoms with Crippen LogP contribution in [-0.2, 0) is 9.53 Å². The second-order valence-corrected chi connectivity index (χ2v) is 8.68. The monoisotopic (exact) mass is 537 g/mol. The first kappa shape index (κ1) is 23.8. The Balaban J connectivity index is 1.82. The van der Waals surface area contributed by atoms with Gasteiger partial charge in [-0.3, -0.25) is 9.69 Å². The van der Waals surface area contributed by atoms with Gasteiger partial charge >= 0.3 is 5.97 Å². The van der Waals surface area contributed by atoms with Gasteiger partial charge in [-0.2, -0.15) is 0 Å². The molecule has 0 saturated heterocycles. The molecule has 0 spiro atoms. The third-order valence-corrected chi connectivity index (χ3v) is 6.18. The molecule has 1 amide bonds. The summed E-state index contributed by atoms with van der Waals surface area (Å²) in [7, 11) is 1.31. The van der Waals surface area contributed by atoms with Crippen LogP contribution in [0.5, 0.6) is 5.75 Å². The number of ether oxygens (including phenoxy) is 2. The molecule has 0 aromatic heterocycles. The highest BCUT2D eigenvalue weighted by Crippen LogP contribution is 2.39. The Morgan fingerprint density at radius 3 is 2.53 bits per heavy atom. The van der Waals surface area contributed by atoms with E-state index >= 15 is 0 Å². The van der Waals surface area contributed by atoms with Crippen LogP contribution in [0.4, 0.5) is 5.69 Å². The fraction of sp³-hybridized carbons (Fsp3) is 0.111. The number of hydrogen-bond acceptors (Lipinski definition) is 4. The molecule has 0 N–H and O–H groups in total. The molecule has 0 fully saturated rings. The molecule has 0 radical (unpaired) electrons. The van der Waals surface area contributed by atoms with Crippen molar-refractivity contribution in [3.8, 4) is 5.75 Å². The van der Waals surface area contributed by atoms with E-state index < -0.39 is 5.97 Å². The van der Waals surface area contributed by atoms with Gasteiger partial charge in [-0.05, 0) is 76.5 Å². The summed E-state index contributed by atoms with van der Waals surface area (Å²) in [6, 6.07) is 19.9. The molecular formula is C27H21BrClNO4. The molecule has 4 rings (SSSR count). The normalized spacial score (nSPS) is 14.4. The quantitative estimate of drug-likeness (QED) is 0.257. The number of carbonyl (C=O) groups excluding carboxylic acids is 2. The van der Waals surface area contributed by atoms with Crippen molar-refractivity contribution in [1.82, 2.24) is 0 Å². The molecule has 1 heterocycles. The Bertz CT molecular complexity index is 1320. The van der Waals surface area contributed by atoms with Gasteiger partial charge < -0.3 is 9.47 Å². The summed E-state index contributed by atoms with van der Waals surface area (Å²) in [5, 5.41) is 0.341. The third-order valence-electron chi connectivity index (χ3n) is 5.24. The van der Waals surface area contributed by atoms with E-state index in [0.29, 0.717) is 34.2 Å². The summed E-state index contributed by atoms with van der Waals surface area (Å²) in [5.41, 5.74) is 3.52. The van der Waals surface area contributed by atoms with Crippen LogP contribution < -0.4 is 9.64 Å². The minimum absolute atomic E-state index is 0.257. The molecule has 0 atom stereocenters. The molecule has 0 bridgehead atoms. The van der Waals surface area contributed by atoms with Gasteiger partial charge in [0, 0.05) is 5.57 Å². The van der Waals surface area contributed by atoms with Gasteiger partial charge in [-0.1, -0.05) is 48.0 Å². The lowest BCUT2D eigenvalue weighted by Gasteiger charge is -2.22. The molecule has 172 valence electrons. The fourth-order valence-electron chi connectivity index (χ4n) is 3.66. The number of amides is 1. The Kier molecular flexibility index (Phi) is 7.20. The van der Waals surface area contributed by atoms with Crippen LogP contribution in [0.15, 0.2) is 82.9 Å². The number of esters is 1. The summed E-state index contributed by atoms with van der Waals surface area (Å²) in [6.45, 7) is 2.48. The number of nitrogens with zero attached hydrogens (tertiary/aromatic N) is 1. The van der Waals surface area contributed by atoms with Gasteiger partial charge in [0.15, 0.2) is 0 Å². The summed E-state index contributed by atoms with van der Waals surface area (Å²) in [4.78, 5) is 27.3. The van der Waals surface area contributed by atoms with Gasteiger partial charge in [0.05, 0.1) is 40.2 Å². The number of halogens is 2. The topological polar surface area (TPSA) is 55.8 Å². The van der Waals surface area contributed by atoms with Crippen molar-refractivity contribution in [3.05, 3.63) is 105 Å². The van der Waals surface area contributed by atoms with Gasteiger partial charge in [-0.25, -0.2) is 4.79 Å². The van der Waals surface area contributed by atoms with Gasteiger partial charge in [0.1, 0.15) is 5.75 Å². The highest BCUT2D eigenvalue weighted by molar-refractivity contribution is 9.10. The standard InChI is InChI=1S/C27H21BrClNO4/c1-3-34-25-12-9-17(14-21(25)28)13-20-16-23(18-7-5-4-6-8-18)30(26(20)31)24-15-19(27(32)33-2)10-11-22(24)29/h4-16H,3H2,1-2H3/b20-13+. The molecule has 0 aliphatic carbocycles. The second-order valence-electron chi connectivity index (χ2n) is 7.42. The number of anilines is 1. The maximum atomic E-state index is 13.6. The summed E-state index contributed by atoms with van der Waals surface area (Å²) in [6.07, 6.45) is 3.63. The van der Waals surface area contributed by atoms with Crippen molar-refractivity contribution in [1.29, 1.82) is 0 Å². The molecule has 3 aromatic carbocycles. The van der Waals surface area contributed by atoms with Gasteiger partial charge in [-0.15, -0.1) is 0 Å². The van der Waals surface area contributed by atoms with Crippen molar-refractivity contribution < 1.29 is 19.1 Å². The molecule has 1 aliphatic rings. The third kappa shape index (κ3) is 4.79. The highest BCUT2D eigenvalue weighted by atomic mass is 79.9. The number of carbonyl (C=O) groups is 2. The van der Waals surface area contributed by atoms with Crippen molar-refractivity contribution in [2.24, 2.45) is 0 Å². The zero-order chi connectivity index (χ0) is 24.2. The number of benzene rings is 3. The number of methoxy groups -OCH3 is 1. The number of rotatable bonds is 6. The van der Waals surface area contributed by atoms with Crippen LogP contribution in [0.25, 0.3) is 11.8 Å². The maximum Gasteiger partial charge on any atom is 0.337 e. The molecule has 3 aromatic rings. The minimum atomic E-state index is -0.509. The zero-order valence-corrected chi connectivity index (χ0v) is 20.9. The molecule has 5 nitrogen and oxygen atoms in total. The van der Waals surface area contributed by atoms with E-state index in [1.165, 1.54) is 12.0 Å². The first-order valence-electron chi connectivity index (χ1n) is 10.6. The minimum Gasteiger partial charge on any atom is -0.493 e. The van der Waals surface area contributed by atoms with Crippen molar-refractivity contribution >= 4 is 56.9 Å². The van der Waals surface area contributed by atoms with Crippen LogP contribution in [0, 0.1) is 0 Å². The summed E-state index contributed by atoms with van der Waals surface area (Å²) >= 11 is 10.0. The molecule has 0 unspecified atom stereocenters. The van der Waals surface area contributed by atoms with E-state index in [-0.39, 0.29) is 5.91 Å². The average molecular weight is 539 g/mol. The first-order valence-corrected chi connectivity index (χ1v) is 11.7. The SMILES string of the molecule is CCOc1ccc(/C=C2\C=C(c3ccccc3)N(c3cc(C(=O)OC)ccc3Cl)C2=O)cc1Br. The van der Waals surface area contributed by atoms with Crippen LogP contribution in [0.2, 0.25) is 5.02 Å². The Morgan fingerprint density at radius 2 is 1.85 bits per heavy atom. The van der Waals surface area contributed by atoms with Crippen molar-refractivity contribution in [3.63, 3.8) is 0 Å². The Labute approximate surface area is 211 Å². The molecule has 1 aliphatic heterocycles. The summed E-state index contributed by atoms with van der Waals surface area (Å²) < 4.78 is 11.2. The smallest absolute Gasteiger partial charge is 0.337 e. The predicted molar refractivity (Wildman–Crippen MR) is 138 cm³/mol. The van der Waals surface area contributed by atoms with Crippen LogP contribution in [0.3, 0.4) is 0 Å². The van der Waals surface area contributed by atoms with Crippen LogP contribution in [-0.4, -0.2) is 25.6 Å². The van der Waals surface area contributed by atoms with Crippen LogP contribution in [0.1, 0.15) is 28.4 Å². The van der Waals surface area contributed by atoms with E-state index in [0.717, 1.165) is 21.3 Å². The van der Waals surface area contributed by atoms with E-state index in [1.807, 2.05) is 67.6 Å². The first-order chi connectivity index (χ1) is 16.4. The van der Waals surface area contributed by atoms with Crippen molar-refractivity contribution in [2.45, 2.75) is 6.92 Å². The van der Waals surface area contributed by atoms with E-state index in [1.54, 1.807) is 18.2 Å². The average Bonchev–Trinajstić information content (AvgIpc) is 3.17.